The normalized spacial score (nSPS) is 28.5. The van der Waals surface area contributed by atoms with Crippen LogP contribution in [0.2, 0.25) is 0 Å². The van der Waals surface area contributed by atoms with Gasteiger partial charge in [-0.15, -0.1) is 0 Å². The van der Waals surface area contributed by atoms with Gasteiger partial charge >= 0.3 is 0 Å². The number of carbonyl (C=O) groups is 1. The predicted molar refractivity (Wildman–Crippen MR) is 51.2 cm³/mol. The fraction of sp³-hybridized carbons (Fsp3) is 0.900. The second kappa shape index (κ2) is 4.09. The van der Waals surface area contributed by atoms with Crippen LogP contribution >= 0.6 is 0 Å². The van der Waals surface area contributed by atoms with Gasteiger partial charge in [-0.3, -0.25) is 4.79 Å². The fourth-order valence-electron chi connectivity index (χ4n) is 1.63. The molecule has 1 heterocycles. The van der Waals surface area contributed by atoms with Crippen LogP contribution in [-0.2, 0) is 4.79 Å². The summed E-state index contributed by atoms with van der Waals surface area (Å²) in [4.78, 5) is 13.3. The zero-order chi connectivity index (χ0) is 10.0. The van der Waals surface area contributed by atoms with Crippen molar-refractivity contribution in [2.75, 3.05) is 13.1 Å². The first-order valence-corrected chi connectivity index (χ1v) is 4.96. The van der Waals surface area contributed by atoms with Gasteiger partial charge in [0.15, 0.2) is 0 Å². The molecule has 0 radical (unpaired) electrons. The van der Waals surface area contributed by atoms with E-state index in [0.29, 0.717) is 25.4 Å². The van der Waals surface area contributed by atoms with Gasteiger partial charge in [0.1, 0.15) is 0 Å². The van der Waals surface area contributed by atoms with Crippen LogP contribution in [0.1, 0.15) is 27.2 Å². The Balaban J connectivity index is 2.42. The lowest BCUT2D eigenvalue weighted by Gasteiger charge is -2.16. The maximum atomic E-state index is 11.6. The molecule has 1 saturated heterocycles. The number of β-amino-alcohol motifs (C(OH)–C–C–N with tert-alkyl or cyclic N) is 1. The van der Waals surface area contributed by atoms with Crippen molar-refractivity contribution in [1.29, 1.82) is 0 Å². The van der Waals surface area contributed by atoms with Crippen LogP contribution in [0.4, 0.5) is 0 Å². The molecule has 1 amide bonds. The molecule has 0 aromatic carbocycles. The quantitative estimate of drug-likeness (QED) is 0.693. The Labute approximate surface area is 79.7 Å². The van der Waals surface area contributed by atoms with Gasteiger partial charge in [-0.1, -0.05) is 20.8 Å². The Morgan fingerprint density at radius 1 is 1.54 bits per heavy atom. The molecule has 2 atom stereocenters. The van der Waals surface area contributed by atoms with Gasteiger partial charge < -0.3 is 10.0 Å². The number of rotatable bonds is 2. The summed E-state index contributed by atoms with van der Waals surface area (Å²) in [5.41, 5.74) is 0. The smallest absolute Gasteiger partial charge is 0.222 e. The zero-order valence-corrected chi connectivity index (χ0v) is 8.66. The van der Waals surface area contributed by atoms with E-state index in [0.717, 1.165) is 0 Å². The topological polar surface area (TPSA) is 40.5 Å². The molecule has 13 heavy (non-hydrogen) atoms. The molecule has 0 spiro atoms. The van der Waals surface area contributed by atoms with E-state index in [-0.39, 0.29) is 17.9 Å². The first kappa shape index (κ1) is 10.5. The summed E-state index contributed by atoms with van der Waals surface area (Å²) in [6.45, 7) is 7.29. The lowest BCUT2D eigenvalue weighted by atomic mass is 10.1. The highest BCUT2D eigenvalue weighted by atomic mass is 16.3. The van der Waals surface area contributed by atoms with Crippen LogP contribution in [-0.4, -0.2) is 35.1 Å². The first-order chi connectivity index (χ1) is 6.00. The van der Waals surface area contributed by atoms with E-state index >= 15 is 0 Å². The van der Waals surface area contributed by atoms with Crippen molar-refractivity contribution in [3.05, 3.63) is 0 Å². The molecule has 1 fully saturated rings. The van der Waals surface area contributed by atoms with Crippen molar-refractivity contribution in [1.82, 2.24) is 4.90 Å². The maximum absolute atomic E-state index is 11.6. The Morgan fingerprint density at radius 3 is 2.54 bits per heavy atom. The van der Waals surface area contributed by atoms with E-state index in [1.54, 1.807) is 4.90 Å². The number of aliphatic hydroxyl groups is 1. The van der Waals surface area contributed by atoms with Crippen molar-refractivity contribution in [2.24, 2.45) is 11.8 Å². The zero-order valence-electron chi connectivity index (χ0n) is 8.66. The molecule has 76 valence electrons. The monoisotopic (exact) mass is 185 g/mol. The van der Waals surface area contributed by atoms with Gasteiger partial charge in [-0.2, -0.15) is 0 Å². The molecule has 3 heteroatoms. The highest BCUT2D eigenvalue weighted by molar-refractivity contribution is 5.76. The molecular weight excluding hydrogens is 166 g/mol. The molecular formula is C10H19NO2. The largest absolute Gasteiger partial charge is 0.391 e. The van der Waals surface area contributed by atoms with Crippen molar-refractivity contribution in [2.45, 2.75) is 33.3 Å². The molecule has 0 unspecified atom stereocenters. The first-order valence-electron chi connectivity index (χ1n) is 4.96. The molecule has 0 bridgehead atoms. The second-order valence-electron chi connectivity index (χ2n) is 4.44. The minimum Gasteiger partial charge on any atom is -0.391 e. The molecule has 1 aliphatic heterocycles. The van der Waals surface area contributed by atoms with Crippen LogP contribution < -0.4 is 0 Å². The summed E-state index contributed by atoms with van der Waals surface area (Å²) in [7, 11) is 0. The SMILES string of the molecule is CC(C)CC(=O)N1C[C@@H](C)[C@H](O)C1. The summed E-state index contributed by atoms with van der Waals surface area (Å²) in [6.07, 6.45) is 0.274. The Morgan fingerprint density at radius 2 is 2.15 bits per heavy atom. The van der Waals surface area contributed by atoms with Gasteiger partial charge in [-0.05, 0) is 5.92 Å². The Bertz CT molecular complexity index is 181. The number of likely N-dealkylation sites (tertiary alicyclic amines) is 1. The summed E-state index contributed by atoms with van der Waals surface area (Å²) in [5.74, 6) is 0.815. The number of amides is 1. The summed E-state index contributed by atoms with van der Waals surface area (Å²) in [5, 5.41) is 9.46. The minimum atomic E-state index is -0.323. The summed E-state index contributed by atoms with van der Waals surface area (Å²) in [6, 6.07) is 0. The van der Waals surface area contributed by atoms with Gasteiger partial charge in [0.05, 0.1) is 6.10 Å². The van der Waals surface area contributed by atoms with Crippen molar-refractivity contribution < 1.29 is 9.90 Å². The summed E-state index contributed by atoms with van der Waals surface area (Å²) >= 11 is 0. The molecule has 3 nitrogen and oxygen atoms in total. The molecule has 1 N–H and O–H groups in total. The predicted octanol–water partition coefficient (Wildman–Crippen LogP) is 0.872. The van der Waals surface area contributed by atoms with Crippen molar-refractivity contribution in [3.63, 3.8) is 0 Å². The van der Waals surface area contributed by atoms with E-state index in [9.17, 15) is 9.90 Å². The molecule has 0 saturated carbocycles. The van der Waals surface area contributed by atoms with Crippen molar-refractivity contribution in [3.8, 4) is 0 Å². The van der Waals surface area contributed by atoms with E-state index in [2.05, 4.69) is 0 Å². The molecule has 1 rings (SSSR count). The van der Waals surface area contributed by atoms with Crippen LogP contribution in [0.15, 0.2) is 0 Å². The highest BCUT2D eigenvalue weighted by Crippen LogP contribution is 2.17. The standard InChI is InChI=1S/C10H19NO2/c1-7(2)4-10(13)11-5-8(3)9(12)6-11/h7-9,12H,4-6H2,1-3H3/t8-,9-/m1/s1. The molecule has 0 aromatic rings. The van der Waals surface area contributed by atoms with Crippen LogP contribution in [0.5, 0.6) is 0 Å². The molecule has 1 aliphatic rings. The van der Waals surface area contributed by atoms with E-state index in [1.165, 1.54) is 0 Å². The number of carbonyl (C=O) groups excluding carboxylic acids is 1. The lowest BCUT2D eigenvalue weighted by molar-refractivity contribution is -0.131. The highest BCUT2D eigenvalue weighted by Gasteiger charge is 2.30. The number of nitrogens with zero attached hydrogens (tertiary/aromatic N) is 1. The summed E-state index contributed by atoms with van der Waals surface area (Å²) < 4.78 is 0. The fourth-order valence-corrected chi connectivity index (χ4v) is 1.63. The third kappa shape index (κ3) is 2.69. The molecule has 0 aromatic heterocycles. The number of aliphatic hydroxyl groups excluding tert-OH is 1. The second-order valence-corrected chi connectivity index (χ2v) is 4.44. The van der Waals surface area contributed by atoms with E-state index in [4.69, 9.17) is 0 Å². The third-order valence-corrected chi connectivity index (χ3v) is 2.51. The maximum Gasteiger partial charge on any atom is 0.222 e. The van der Waals surface area contributed by atoms with E-state index < -0.39 is 0 Å². The van der Waals surface area contributed by atoms with Crippen LogP contribution in [0.25, 0.3) is 0 Å². The Hall–Kier alpha value is -0.570. The van der Waals surface area contributed by atoms with Gasteiger partial charge in [0.25, 0.3) is 0 Å². The lowest BCUT2D eigenvalue weighted by Crippen LogP contribution is -2.30. The molecule has 0 aliphatic carbocycles. The van der Waals surface area contributed by atoms with Gasteiger partial charge in [0, 0.05) is 25.4 Å². The van der Waals surface area contributed by atoms with Gasteiger partial charge in [-0.25, -0.2) is 0 Å². The number of hydrogen-bond acceptors (Lipinski definition) is 2. The minimum absolute atomic E-state index is 0.179. The third-order valence-electron chi connectivity index (χ3n) is 2.51. The van der Waals surface area contributed by atoms with Crippen LogP contribution in [0, 0.1) is 11.8 Å². The van der Waals surface area contributed by atoms with Gasteiger partial charge in [0.2, 0.25) is 5.91 Å². The average molecular weight is 185 g/mol. The van der Waals surface area contributed by atoms with Crippen molar-refractivity contribution >= 4 is 5.91 Å². The Kier molecular flexibility index (Phi) is 3.31. The van der Waals surface area contributed by atoms with E-state index in [1.807, 2.05) is 20.8 Å². The average Bonchev–Trinajstić information content (AvgIpc) is 2.31. The van der Waals surface area contributed by atoms with Crippen LogP contribution in [0.3, 0.4) is 0 Å². The number of hydrogen-bond donors (Lipinski definition) is 1.